The number of rotatable bonds is 2. The van der Waals surface area contributed by atoms with Crippen LogP contribution in [0.1, 0.15) is 24.6 Å². The molecule has 1 aromatic rings. The SMILES string of the molecule is FC(F)(Br)c1ccn(C2CC2)n1. The predicted molar refractivity (Wildman–Crippen MR) is 43.3 cm³/mol. The third kappa shape index (κ3) is 1.50. The maximum absolute atomic E-state index is 12.6. The summed E-state index contributed by atoms with van der Waals surface area (Å²) in [5, 5.41) is 3.76. The number of hydrogen-bond donors (Lipinski definition) is 0. The molecule has 1 aliphatic rings. The van der Waals surface area contributed by atoms with Crippen molar-refractivity contribution in [3.05, 3.63) is 18.0 Å². The van der Waals surface area contributed by atoms with Gasteiger partial charge in [0.1, 0.15) is 5.69 Å². The van der Waals surface area contributed by atoms with Crippen molar-refractivity contribution in [2.75, 3.05) is 0 Å². The summed E-state index contributed by atoms with van der Waals surface area (Å²) >= 11 is 2.26. The number of alkyl halides is 3. The Kier molecular flexibility index (Phi) is 1.71. The minimum atomic E-state index is -2.99. The van der Waals surface area contributed by atoms with Gasteiger partial charge in [-0.2, -0.15) is 13.9 Å². The van der Waals surface area contributed by atoms with Crippen molar-refractivity contribution in [1.29, 1.82) is 0 Å². The van der Waals surface area contributed by atoms with E-state index in [1.54, 1.807) is 10.9 Å². The van der Waals surface area contributed by atoms with Crippen molar-refractivity contribution in [2.45, 2.75) is 23.7 Å². The number of aromatic nitrogens is 2. The summed E-state index contributed by atoms with van der Waals surface area (Å²) in [4.78, 5) is -2.99. The second-order valence-corrected chi connectivity index (χ2v) is 3.91. The van der Waals surface area contributed by atoms with Crippen LogP contribution < -0.4 is 0 Å². The van der Waals surface area contributed by atoms with Gasteiger partial charge in [0, 0.05) is 6.20 Å². The molecule has 0 spiro atoms. The third-order valence-electron chi connectivity index (χ3n) is 1.82. The minimum absolute atomic E-state index is 0.214. The molecule has 2 nitrogen and oxygen atoms in total. The van der Waals surface area contributed by atoms with E-state index in [9.17, 15) is 8.78 Å². The second kappa shape index (κ2) is 2.52. The predicted octanol–water partition coefficient (Wildman–Crippen LogP) is 2.66. The van der Waals surface area contributed by atoms with Gasteiger partial charge in [-0.25, -0.2) is 0 Å². The van der Waals surface area contributed by atoms with Gasteiger partial charge in [-0.05, 0) is 34.8 Å². The van der Waals surface area contributed by atoms with Gasteiger partial charge < -0.3 is 0 Å². The zero-order chi connectivity index (χ0) is 8.77. The van der Waals surface area contributed by atoms with Gasteiger partial charge in [-0.15, -0.1) is 0 Å². The van der Waals surface area contributed by atoms with Crippen LogP contribution in [0.15, 0.2) is 12.3 Å². The molecule has 1 saturated carbocycles. The molecule has 0 aromatic carbocycles. The van der Waals surface area contributed by atoms with E-state index in [2.05, 4.69) is 21.0 Å². The van der Waals surface area contributed by atoms with Crippen LogP contribution in [-0.4, -0.2) is 9.78 Å². The first-order valence-corrected chi connectivity index (χ1v) is 4.49. The first kappa shape index (κ1) is 8.16. The summed E-state index contributed by atoms with van der Waals surface area (Å²) in [6.07, 6.45) is 3.70. The molecule has 5 heteroatoms. The monoisotopic (exact) mass is 236 g/mol. The fourth-order valence-electron chi connectivity index (χ4n) is 1.03. The highest BCUT2D eigenvalue weighted by atomic mass is 79.9. The van der Waals surface area contributed by atoms with Crippen molar-refractivity contribution >= 4 is 15.9 Å². The van der Waals surface area contributed by atoms with E-state index in [0.717, 1.165) is 12.8 Å². The van der Waals surface area contributed by atoms with Crippen molar-refractivity contribution in [1.82, 2.24) is 9.78 Å². The van der Waals surface area contributed by atoms with Gasteiger partial charge in [-0.1, -0.05) is 0 Å². The van der Waals surface area contributed by atoms with Crippen LogP contribution in [0.5, 0.6) is 0 Å². The topological polar surface area (TPSA) is 17.8 Å². The minimum Gasteiger partial charge on any atom is -0.269 e. The Morgan fingerprint density at radius 2 is 2.25 bits per heavy atom. The summed E-state index contributed by atoms with van der Waals surface area (Å²) in [5.74, 6) is 0. The quantitative estimate of drug-likeness (QED) is 0.723. The first-order valence-electron chi connectivity index (χ1n) is 3.70. The Balaban J connectivity index is 2.23. The Bertz CT molecular complexity index is 288. The fraction of sp³-hybridized carbons (Fsp3) is 0.571. The Morgan fingerprint density at radius 3 is 2.67 bits per heavy atom. The Hall–Kier alpha value is -0.450. The zero-order valence-electron chi connectivity index (χ0n) is 6.17. The maximum Gasteiger partial charge on any atom is 0.344 e. The lowest BCUT2D eigenvalue weighted by Crippen LogP contribution is -2.05. The van der Waals surface area contributed by atoms with Crippen LogP contribution in [0.4, 0.5) is 8.78 Å². The van der Waals surface area contributed by atoms with E-state index in [0.29, 0.717) is 6.04 Å². The Labute approximate surface area is 76.7 Å². The number of hydrogen-bond acceptors (Lipinski definition) is 1. The second-order valence-electron chi connectivity index (χ2n) is 2.91. The Morgan fingerprint density at radius 1 is 1.58 bits per heavy atom. The molecule has 0 unspecified atom stereocenters. The van der Waals surface area contributed by atoms with Gasteiger partial charge in [0.2, 0.25) is 0 Å². The van der Waals surface area contributed by atoms with Crippen LogP contribution in [0.25, 0.3) is 0 Å². The maximum atomic E-state index is 12.6. The van der Waals surface area contributed by atoms with E-state index >= 15 is 0 Å². The molecule has 0 atom stereocenters. The average Bonchev–Trinajstić information content (AvgIpc) is 2.66. The van der Waals surface area contributed by atoms with Gasteiger partial charge in [0.05, 0.1) is 6.04 Å². The molecule has 1 fully saturated rings. The molecule has 1 aromatic heterocycles. The van der Waals surface area contributed by atoms with Crippen molar-refractivity contribution in [3.8, 4) is 0 Å². The lowest BCUT2D eigenvalue weighted by Gasteiger charge is -2.02. The van der Waals surface area contributed by atoms with E-state index in [1.165, 1.54) is 6.07 Å². The first-order chi connectivity index (χ1) is 5.57. The average molecular weight is 237 g/mol. The normalized spacial score (nSPS) is 18.2. The fourth-order valence-corrected chi connectivity index (χ4v) is 1.24. The van der Waals surface area contributed by atoms with Gasteiger partial charge in [0.25, 0.3) is 0 Å². The summed E-state index contributed by atoms with van der Waals surface area (Å²) < 4.78 is 26.8. The lowest BCUT2D eigenvalue weighted by molar-refractivity contribution is 0.108. The molecule has 0 aliphatic heterocycles. The lowest BCUT2D eigenvalue weighted by atomic mass is 10.5. The van der Waals surface area contributed by atoms with Crippen LogP contribution in [0.2, 0.25) is 0 Å². The van der Waals surface area contributed by atoms with Crippen LogP contribution in [-0.2, 0) is 4.83 Å². The molecule has 0 amide bonds. The van der Waals surface area contributed by atoms with Crippen molar-refractivity contribution in [3.63, 3.8) is 0 Å². The molecule has 1 aliphatic carbocycles. The molecule has 1 heterocycles. The standard InChI is InChI=1S/C7H7BrF2N2/c8-7(9,10)6-3-4-12(11-6)5-1-2-5/h3-5H,1-2H2. The highest BCUT2D eigenvalue weighted by molar-refractivity contribution is 9.09. The molecular weight excluding hydrogens is 230 g/mol. The molecular formula is C7H7BrF2N2. The van der Waals surface area contributed by atoms with Gasteiger partial charge >= 0.3 is 4.83 Å². The molecule has 2 rings (SSSR count). The van der Waals surface area contributed by atoms with Crippen LogP contribution in [0.3, 0.4) is 0 Å². The highest BCUT2D eigenvalue weighted by Gasteiger charge is 2.32. The molecule has 0 N–H and O–H groups in total. The van der Waals surface area contributed by atoms with E-state index in [4.69, 9.17) is 0 Å². The summed E-state index contributed by atoms with van der Waals surface area (Å²) in [6.45, 7) is 0. The molecule has 12 heavy (non-hydrogen) atoms. The van der Waals surface area contributed by atoms with E-state index < -0.39 is 4.83 Å². The van der Waals surface area contributed by atoms with Crippen LogP contribution >= 0.6 is 15.9 Å². The third-order valence-corrected chi connectivity index (χ3v) is 2.23. The molecule has 0 saturated heterocycles. The summed E-state index contributed by atoms with van der Waals surface area (Å²) in [7, 11) is 0. The molecule has 0 radical (unpaired) electrons. The highest BCUT2D eigenvalue weighted by Crippen LogP contribution is 2.37. The van der Waals surface area contributed by atoms with Gasteiger partial charge in [0.15, 0.2) is 0 Å². The van der Waals surface area contributed by atoms with Crippen molar-refractivity contribution < 1.29 is 8.78 Å². The largest absolute Gasteiger partial charge is 0.344 e. The summed E-state index contributed by atoms with van der Waals surface area (Å²) in [6, 6.07) is 1.70. The summed E-state index contributed by atoms with van der Waals surface area (Å²) in [5.41, 5.74) is -0.214. The van der Waals surface area contributed by atoms with Crippen LogP contribution in [0, 0.1) is 0 Å². The smallest absolute Gasteiger partial charge is 0.269 e. The number of nitrogens with zero attached hydrogens (tertiary/aromatic N) is 2. The van der Waals surface area contributed by atoms with Crippen molar-refractivity contribution in [2.24, 2.45) is 0 Å². The number of halogens is 3. The molecule has 0 bridgehead atoms. The van der Waals surface area contributed by atoms with Gasteiger partial charge in [-0.3, -0.25) is 4.68 Å². The van der Waals surface area contributed by atoms with E-state index in [-0.39, 0.29) is 5.69 Å². The van der Waals surface area contributed by atoms with E-state index in [1.807, 2.05) is 0 Å². The zero-order valence-corrected chi connectivity index (χ0v) is 7.76. The molecule has 66 valence electrons.